The number of hydrogen-bond acceptors (Lipinski definition) is 3. The highest BCUT2D eigenvalue weighted by atomic mass is 19.1. The van der Waals surface area contributed by atoms with Crippen LogP contribution in [0.5, 0.6) is 0 Å². The van der Waals surface area contributed by atoms with Crippen LogP contribution < -0.4 is 5.73 Å². The van der Waals surface area contributed by atoms with Gasteiger partial charge in [-0.25, -0.2) is 9.18 Å². The summed E-state index contributed by atoms with van der Waals surface area (Å²) in [6.45, 7) is 4.23. The number of amides is 1. The first kappa shape index (κ1) is 11.2. The Balaban J connectivity index is 2.38. The minimum absolute atomic E-state index is 0.141. The molecule has 2 N–H and O–H groups in total. The highest BCUT2D eigenvalue weighted by Gasteiger charge is 2.32. The molecule has 4 nitrogen and oxygen atoms in total. The zero-order valence-electron chi connectivity index (χ0n) is 8.62. The quantitative estimate of drug-likeness (QED) is 0.654. The molecular formula is C9H17FN2O2. The molecule has 1 aliphatic heterocycles. The van der Waals surface area contributed by atoms with Crippen molar-refractivity contribution in [1.82, 2.24) is 4.90 Å². The van der Waals surface area contributed by atoms with E-state index in [1.807, 2.05) is 0 Å². The van der Waals surface area contributed by atoms with Gasteiger partial charge in [-0.15, -0.1) is 0 Å². The molecule has 1 heterocycles. The summed E-state index contributed by atoms with van der Waals surface area (Å²) in [6, 6.07) is 0. The number of piperidine rings is 1. The molecule has 0 unspecified atom stereocenters. The summed E-state index contributed by atoms with van der Waals surface area (Å²) in [6.07, 6.45) is -0.159. The Morgan fingerprint density at radius 3 is 2.43 bits per heavy atom. The zero-order chi connectivity index (χ0) is 10.8. The van der Waals surface area contributed by atoms with Crippen molar-refractivity contribution in [2.45, 2.75) is 38.6 Å². The molecule has 5 heteroatoms. The van der Waals surface area contributed by atoms with Gasteiger partial charge in [-0.2, -0.15) is 0 Å². The van der Waals surface area contributed by atoms with Gasteiger partial charge in [0.05, 0.1) is 6.10 Å². The van der Waals surface area contributed by atoms with Crippen molar-refractivity contribution in [2.75, 3.05) is 13.1 Å². The van der Waals surface area contributed by atoms with Gasteiger partial charge in [-0.05, 0) is 13.8 Å². The lowest BCUT2D eigenvalue weighted by molar-refractivity contribution is 0.0357. The number of carbonyl (C=O) groups excluding carboxylic acids is 1. The third-order valence-corrected chi connectivity index (χ3v) is 2.19. The van der Waals surface area contributed by atoms with E-state index in [2.05, 4.69) is 0 Å². The first-order valence-corrected chi connectivity index (χ1v) is 4.84. The highest BCUT2D eigenvalue weighted by Crippen LogP contribution is 2.21. The number of carbonyl (C=O) groups is 1. The van der Waals surface area contributed by atoms with E-state index in [4.69, 9.17) is 10.5 Å². The summed E-state index contributed by atoms with van der Waals surface area (Å²) in [5.41, 5.74) is 5.30. The molecule has 0 aromatic heterocycles. The van der Waals surface area contributed by atoms with Crippen LogP contribution >= 0.6 is 0 Å². The molecule has 1 fully saturated rings. The van der Waals surface area contributed by atoms with Crippen molar-refractivity contribution in [3.8, 4) is 0 Å². The molecule has 1 saturated heterocycles. The Morgan fingerprint density at radius 2 is 2.00 bits per heavy atom. The molecule has 1 rings (SSSR count). The van der Waals surface area contributed by atoms with E-state index in [9.17, 15) is 9.18 Å². The number of nitrogens with zero attached hydrogens (tertiary/aromatic N) is 1. The Kier molecular flexibility index (Phi) is 3.31. The van der Waals surface area contributed by atoms with Crippen LogP contribution in [0, 0.1) is 0 Å². The molecular weight excluding hydrogens is 187 g/mol. The number of nitrogens with two attached hydrogens (primary N) is 1. The van der Waals surface area contributed by atoms with Crippen LogP contribution in [0.15, 0.2) is 0 Å². The number of alkyl halides is 1. The monoisotopic (exact) mass is 204 g/mol. The summed E-state index contributed by atoms with van der Waals surface area (Å²) in [7, 11) is 0. The molecule has 1 amide bonds. The van der Waals surface area contributed by atoms with Gasteiger partial charge in [-0.3, -0.25) is 5.73 Å². The van der Waals surface area contributed by atoms with Crippen LogP contribution in [0.4, 0.5) is 9.18 Å². The number of ether oxygens (including phenoxy) is 1. The van der Waals surface area contributed by atoms with Crippen LogP contribution in [-0.2, 0) is 4.74 Å². The second-order valence-corrected chi connectivity index (χ2v) is 3.95. The Hall–Kier alpha value is -0.840. The van der Waals surface area contributed by atoms with Crippen molar-refractivity contribution in [3.63, 3.8) is 0 Å². The summed E-state index contributed by atoms with van der Waals surface area (Å²) >= 11 is 0. The minimum Gasteiger partial charge on any atom is -0.447 e. The molecule has 0 radical (unpaired) electrons. The van der Waals surface area contributed by atoms with Crippen molar-refractivity contribution in [3.05, 3.63) is 0 Å². The minimum atomic E-state index is -1.62. The normalized spacial score (nSPS) is 21.1. The molecule has 0 bridgehead atoms. The average Bonchev–Trinajstić information content (AvgIpc) is 2.02. The molecule has 0 aliphatic carbocycles. The molecule has 0 aromatic rings. The molecule has 1 aliphatic rings. The standard InChI is InChI=1S/C9H17FN2O2/c1-7(2)14-8(13)12-5-3-9(10,11)4-6-12/h7H,3-6,11H2,1-2H3. The van der Waals surface area contributed by atoms with Gasteiger partial charge in [0.25, 0.3) is 0 Å². The van der Waals surface area contributed by atoms with Gasteiger partial charge < -0.3 is 9.64 Å². The number of halogens is 1. The smallest absolute Gasteiger partial charge is 0.410 e. The van der Waals surface area contributed by atoms with E-state index < -0.39 is 5.79 Å². The van der Waals surface area contributed by atoms with Gasteiger partial charge in [0, 0.05) is 25.9 Å². The van der Waals surface area contributed by atoms with Crippen LogP contribution in [0.25, 0.3) is 0 Å². The Morgan fingerprint density at radius 1 is 1.50 bits per heavy atom. The van der Waals surface area contributed by atoms with E-state index in [1.54, 1.807) is 13.8 Å². The summed E-state index contributed by atoms with van der Waals surface area (Å²) in [5, 5.41) is 0. The zero-order valence-corrected chi connectivity index (χ0v) is 8.62. The predicted octanol–water partition coefficient (Wildman–Crippen LogP) is 1.25. The predicted molar refractivity (Wildman–Crippen MR) is 50.5 cm³/mol. The van der Waals surface area contributed by atoms with E-state index in [-0.39, 0.29) is 25.0 Å². The maximum atomic E-state index is 13.2. The number of likely N-dealkylation sites (tertiary alicyclic amines) is 1. The average molecular weight is 204 g/mol. The molecule has 14 heavy (non-hydrogen) atoms. The van der Waals surface area contributed by atoms with Crippen molar-refractivity contribution >= 4 is 6.09 Å². The van der Waals surface area contributed by atoms with Crippen LogP contribution in [0.1, 0.15) is 26.7 Å². The fourth-order valence-electron chi connectivity index (χ4n) is 1.34. The van der Waals surface area contributed by atoms with E-state index in [0.717, 1.165) is 0 Å². The van der Waals surface area contributed by atoms with Gasteiger partial charge >= 0.3 is 6.09 Å². The molecule has 82 valence electrons. The summed E-state index contributed by atoms with van der Waals surface area (Å²) < 4.78 is 18.2. The summed E-state index contributed by atoms with van der Waals surface area (Å²) in [4.78, 5) is 12.9. The SMILES string of the molecule is CC(C)OC(=O)N1CCC(N)(F)CC1. The third kappa shape index (κ3) is 3.14. The lowest BCUT2D eigenvalue weighted by Gasteiger charge is -2.33. The topological polar surface area (TPSA) is 55.6 Å². The van der Waals surface area contributed by atoms with Crippen molar-refractivity contribution < 1.29 is 13.9 Å². The molecule has 0 aromatic carbocycles. The lowest BCUT2D eigenvalue weighted by atomic mass is 10.0. The van der Waals surface area contributed by atoms with Crippen LogP contribution in [0.3, 0.4) is 0 Å². The maximum Gasteiger partial charge on any atom is 0.410 e. The highest BCUT2D eigenvalue weighted by molar-refractivity contribution is 5.67. The van der Waals surface area contributed by atoms with Gasteiger partial charge in [0.1, 0.15) is 0 Å². The fraction of sp³-hybridized carbons (Fsp3) is 0.889. The second kappa shape index (κ2) is 4.13. The second-order valence-electron chi connectivity index (χ2n) is 3.95. The Labute approximate surface area is 83.2 Å². The van der Waals surface area contributed by atoms with E-state index in [0.29, 0.717) is 13.1 Å². The lowest BCUT2D eigenvalue weighted by Crippen LogP contribution is -2.49. The van der Waals surface area contributed by atoms with E-state index >= 15 is 0 Å². The maximum absolute atomic E-state index is 13.2. The largest absolute Gasteiger partial charge is 0.447 e. The van der Waals surface area contributed by atoms with Crippen LogP contribution in [-0.4, -0.2) is 36.0 Å². The van der Waals surface area contributed by atoms with Crippen molar-refractivity contribution in [1.29, 1.82) is 0 Å². The van der Waals surface area contributed by atoms with Gasteiger partial charge in [-0.1, -0.05) is 0 Å². The van der Waals surface area contributed by atoms with Crippen molar-refractivity contribution in [2.24, 2.45) is 5.73 Å². The third-order valence-electron chi connectivity index (χ3n) is 2.19. The molecule has 0 spiro atoms. The summed E-state index contributed by atoms with van der Waals surface area (Å²) in [5.74, 6) is -1.62. The first-order chi connectivity index (χ1) is 6.41. The van der Waals surface area contributed by atoms with E-state index in [1.165, 1.54) is 4.90 Å². The first-order valence-electron chi connectivity index (χ1n) is 4.84. The van der Waals surface area contributed by atoms with Gasteiger partial charge in [0.2, 0.25) is 0 Å². The Bertz CT molecular complexity index is 209. The van der Waals surface area contributed by atoms with Gasteiger partial charge in [0.15, 0.2) is 5.79 Å². The number of hydrogen-bond donors (Lipinski definition) is 1. The number of rotatable bonds is 1. The van der Waals surface area contributed by atoms with Crippen LogP contribution in [0.2, 0.25) is 0 Å². The molecule has 0 saturated carbocycles. The fourth-order valence-corrected chi connectivity index (χ4v) is 1.34. The molecule has 0 atom stereocenters.